The number of benzene rings is 2. The molecule has 0 aromatic heterocycles. The lowest BCUT2D eigenvalue weighted by Gasteiger charge is -2.19. The summed E-state index contributed by atoms with van der Waals surface area (Å²) in [6.45, 7) is 4.29. The number of nitrogen functional groups attached to an aromatic ring is 1. The molecule has 144 valence electrons. The van der Waals surface area contributed by atoms with Crippen molar-refractivity contribution in [2.45, 2.75) is 19.8 Å². The third kappa shape index (κ3) is 5.99. The van der Waals surface area contributed by atoms with E-state index in [9.17, 15) is 9.59 Å². The molecule has 0 aliphatic carbocycles. The SMILES string of the molecule is CCOC(=O)c1ccc(N)cc1.O=C(O)c1ccc(N2CCCC2)c(Br)c1. The number of carboxylic acid groups (broad SMARTS) is 1. The zero-order valence-electron chi connectivity index (χ0n) is 15.2. The van der Waals surface area contributed by atoms with Gasteiger partial charge in [-0.15, -0.1) is 0 Å². The molecule has 1 heterocycles. The molecule has 0 saturated carbocycles. The van der Waals surface area contributed by atoms with Gasteiger partial charge in [-0.1, -0.05) is 0 Å². The maximum atomic E-state index is 11.1. The summed E-state index contributed by atoms with van der Waals surface area (Å²) in [5.74, 6) is -1.19. The van der Waals surface area contributed by atoms with Gasteiger partial charge in [0.05, 0.1) is 23.4 Å². The molecule has 0 bridgehead atoms. The summed E-state index contributed by atoms with van der Waals surface area (Å²) >= 11 is 3.42. The number of anilines is 2. The summed E-state index contributed by atoms with van der Waals surface area (Å²) in [6.07, 6.45) is 2.43. The Hall–Kier alpha value is -2.54. The van der Waals surface area contributed by atoms with Crippen molar-refractivity contribution in [2.75, 3.05) is 30.3 Å². The van der Waals surface area contributed by atoms with Gasteiger partial charge in [-0.2, -0.15) is 0 Å². The molecule has 1 aliphatic rings. The number of esters is 1. The Balaban J connectivity index is 0.000000199. The van der Waals surface area contributed by atoms with Crippen LogP contribution in [0.4, 0.5) is 11.4 Å². The van der Waals surface area contributed by atoms with E-state index in [1.54, 1.807) is 43.3 Å². The van der Waals surface area contributed by atoms with Crippen molar-refractivity contribution < 1.29 is 19.4 Å². The van der Waals surface area contributed by atoms with Crippen LogP contribution in [0, 0.1) is 0 Å². The molecule has 2 aromatic rings. The van der Waals surface area contributed by atoms with E-state index < -0.39 is 5.97 Å². The van der Waals surface area contributed by atoms with E-state index in [4.69, 9.17) is 15.6 Å². The number of carbonyl (C=O) groups excluding carboxylic acids is 1. The number of aromatic carboxylic acids is 1. The topological polar surface area (TPSA) is 92.9 Å². The zero-order chi connectivity index (χ0) is 19.8. The number of nitrogens with zero attached hydrogens (tertiary/aromatic N) is 1. The normalized spacial score (nSPS) is 12.9. The van der Waals surface area contributed by atoms with Gasteiger partial charge in [0.1, 0.15) is 0 Å². The third-order valence-corrected chi connectivity index (χ3v) is 4.70. The molecule has 0 atom stereocenters. The van der Waals surface area contributed by atoms with Crippen LogP contribution < -0.4 is 10.6 Å². The van der Waals surface area contributed by atoms with Gasteiger partial charge in [-0.05, 0) is 78.2 Å². The van der Waals surface area contributed by atoms with Gasteiger partial charge in [0.25, 0.3) is 0 Å². The fraction of sp³-hybridized carbons (Fsp3) is 0.300. The molecule has 0 radical (unpaired) electrons. The lowest BCUT2D eigenvalue weighted by molar-refractivity contribution is 0.0526. The van der Waals surface area contributed by atoms with Crippen molar-refractivity contribution in [1.82, 2.24) is 0 Å². The van der Waals surface area contributed by atoms with Crippen LogP contribution in [-0.4, -0.2) is 36.7 Å². The summed E-state index contributed by atoms with van der Waals surface area (Å²) in [5.41, 5.74) is 8.04. The van der Waals surface area contributed by atoms with Gasteiger partial charge in [0.15, 0.2) is 0 Å². The van der Waals surface area contributed by atoms with E-state index in [0.717, 1.165) is 23.2 Å². The fourth-order valence-corrected chi connectivity index (χ4v) is 3.32. The first-order valence-electron chi connectivity index (χ1n) is 8.72. The summed E-state index contributed by atoms with van der Waals surface area (Å²) in [7, 11) is 0. The smallest absolute Gasteiger partial charge is 0.338 e. The Morgan fingerprint density at radius 2 is 1.70 bits per heavy atom. The van der Waals surface area contributed by atoms with Crippen LogP contribution in [0.2, 0.25) is 0 Å². The van der Waals surface area contributed by atoms with Crippen molar-refractivity contribution >= 4 is 39.2 Å². The van der Waals surface area contributed by atoms with Crippen LogP contribution in [0.25, 0.3) is 0 Å². The Bertz CT molecular complexity index is 787. The number of nitrogens with two attached hydrogens (primary N) is 1. The fourth-order valence-electron chi connectivity index (χ4n) is 2.69. The molecule has 6 nitrogen and oxygen atoms in total. The van der Waals surface area contributed by atoms with Crippen LogP contribution in [0.15, 0.2) is 46.9 Å². The first-order chi connectivity index (χ1) is 12.9. The second-order valence-corrected chi connectivity index (χ2v) is 6.86. The van der Waals surface area contributed by atoms with Crippen molar-refractivity contribution in [3.63, 3.8) is 0 Å². The quantitative estimate of drug-likeness (QED) is 0.553. The predicted molar refractivity (Wildman–Crippen MR) is 109 cm³/mol. The predicted octanol–water partition coefficient (Wildman–Crippen LogP) is 4.19. The first kappa shape index (κ1) is 20.8. The minimum absolute atomic E-state index is 0.308. The Morgan fingerprint density at radius 3 is 2.22 bits per heavy atom. The summed E-state index contributed by atoms with van der Waals surface area (Å²) in [5, 5.41) is 8.83. The van der Waals surface area contributed by atoms with Gasteiger partial charge < -0.3 is 20.5 Å². The zero-order valence-corrected chi connectivity index (χ0v) is 16.7. The van der Waals surface area contributed by atoms with Crippen LogP contribution >= 0.6 is 15.9 Å². The van der Waals surface area contributed by atoms with Gasteiger partial charge in [-0.3, -0.25) is 0 Å². The maximum absolute atomic E-state index is 11.1. The molecule has 7 heteroatoms. The van der Waals surface area contributed by atoms with Gasteiger partial charge in [0.2, 0.25) is 0 Å². The molecule has 1 saturated heterocycles. The molecule has 27 heavy (non-hydrogen) atoms. The van der Waals surface area contributed by atoms with E-state index in [1.165, 1.54) is 12.8 Å². The van der Waals surface area contributed by atoms with Crippen LogP contribution in [-0.2, 0) is 4.74 Å². The third-order valence-electron chi connectivity index (χ3n) is 4.06. The molecular weight excluding hydrogens is 412 g/mol. The number of hydrogen-bond acceptors (Lipinski definition) is 5. The molecule has 0 amide bonds. The second kappa shape index (κ2) is 9.97. The Labute approximate surface area is 167 Å². The van der Waals surface area contributed by atoms with Gasteiger partial charge in [-0.25, -0.2) is 9.59 Å². The van der Waals surface area contributed by atoms with E-state index in [2.05, 4.69) is 20.8 Å². The summed E-state index contributed by atoms with van der Waals surface area (Å²) < 4.78 is 5.65. The maximum Gasteiger partial charge on any atom is 0.338 e. The summed E-state index contributed by atoms with van der Waals surface area (Å²) in [4.78, 5) is 24.1. The van der Waals surface area contributed by atoms with Gasteiger partial charge >= 0.3 is 11.9 Å². The molecule has 3 rings (SSSR count). The molecule has 1 aliphatic heterocycles. The molecule has 2 aromatic carbocycles. The van der Waals surface area contributed by atoms with E-state index in [1.807, 2.05) is 6.07 Å². The summed E-state index contributed by atoms with van der Waals surface area (Å²) in [6, 6.07) is 11.8. The molecule has 3 N–H and O–H groups in total. The lowest BCUT2D eigenvalue weighted by Crippen LogP contribution is -2.18. The molecular formula is C20H23BrN2O4. The number of carboxylic acids is 1. The van der Waals surface area contributed by atoms with Crippen LogP contribution in [0.5, 0.6) is 0 Å². The van der Waals surface area contributed by atoms with E-state index in [0.29, 0.717) is 23.4 Å². The largest absolute Gasteiger partial charge is 0.478 e. The van der Waals surface area contributed by atoms with Crippen LogP contribution in [0.1, 0.15) is 40.5 Å². The monoisotopic (exact) mass is 434 g/mol. The Kier molecular flexibility index (Phi) is 7.67. The minimum Gasteiger partial charge on any atom is -0.478 e. The van der Waals surface area contributed by atoms with Gasteiger partial charge in [0, 0.05) is 23.2 Å². The average molecular weight is 435 g/mol. The molecule has 1 fully saturated rings. The van der Waals surface area contributed by atoms with Crippen LogP contribution in [0.3, 0.4) is 0 Å². The number of carbonyl (C=O) groups is 2. The standard InChI is InChI=1S/C11H12BrNO2.C9H11NO2/c12-9-7-8(11(14)15)3-4-10(9)13-5-1-2-6-13;1-2-12-9(11)7-3-5-8(10)6-4-7/h3-4,7H,1-2,5-6H2,(H,14,15);3-6H,2,10H2,1H3. The highest BCUT2D eigenvalue weighted by Gasteiger charge is 2.16. The first-order valence-corrected chi connectivity index (χ1v) is 9.52. The number of halogens is 1. The van der Waals surface area contributed by atoms with Crippen molar-refractivity contribution in [1.29, 1.82) is 0 Å². The lowest BCUT2D eigenvalue weighted by atomic mass is 10.2. The molecule has 0 unspecified atom stereocenters. The highest BCUT2D eigenvalue weighted by atomic mass is 79.9. The average Bonchev–Trinajstić information content (AvgIpc) is 3.17. The number of rotatable bonds is 4. The van der Waals surface area contributed by atoms with E-state index in [-0.39, 0.29) is 5.97 Å². The number of hydrogen-bond donors (Lipinski definition) is 2. The van der Waals surface area contributed by atoms with Crippen molar-refractivity contribution in [2.24, 2.45) is 0 Å². The highest BCUT2D eigenvalue weighted by Crippen LogP contribution is 2.29. The minimum atomic E-state index is -0.885. The van der Waals surface area contributed by atoms with Crippen molar-refractivity contribution in [3.05, 3.63) is 58.1 Å². The van der Waals surface area contributed by atoms with E-state index >= 15 is 0 Å². The highest BCUT2D eigenvalue weighted by molar-refractivity contribution is 9.10. The molecule has 0 spiro atoms. The Morgan fingerprint density at radius 1 is 1.11 bits per heavy atom. The van der Waals surface area contributed by atoms with Crippen molar-refractivity contribution in [3.8, 4) is 0 Å². The second-order valence-electron chi connectivity index (χ2n) is 6.01. The number of ether oxygens (including phenoxy) is 1.